The Labute approximate surface area is 131 Å². The van der Waals surface area contributed by atoms with Crippen molar-refractivity contribution in [2.24, 2.45) is 0 Å². The normalized spacial score (nSPS) is 20.9. The van der Waals surface area contributed by atoms with Crippen molar-refractivity contribution in [1.82, 2.24) is 5.32 Å². The fourth-order valence-corrected chi connectivity index (χ4v) is 3.11. The van der Waals surface area contributed by atoms with E-state index in [9.17, 15) is 0 Å². The second kappa shape index (κ2) is 8.23. The Balaban J connectivity index is 1.94. The van der Waals surface area contributed by atoms with Crippen LogP contribution in [0.4, 0.5) is 0 Å². The molecule has 2 nitrogen and oxygen atoms in total. The van der Waals surface area contributed by atoms with E-state index in [1.807, 2.05) is 12.1 Å². The van der Waals surface area contributed by atoms with Gasteiger partial charge in [-0.2, -0.15) is 0 Å². The largest absolute Gasteiger partial charge is 0.378 e. The molecule has 112 valence electrons. The van der Waals surface area contributed by atoms with Gasteiger partial charge in [-0.15, -0.1) is 0 Å². The number of ether oxygens (including phenoxy) is 1. The third kappa shape index (κ3) is 4.92. The molecule has 2 unspecified atom stereocenters. The van der Waals surface area contributed by atoms with E-state index in [4.69, 9.17) is 27.9 Å². The lowest BCUT2D eigenvalue weighted by atomic mass is 9.97. The summed E-state index contributed by atoms with van der Waals surface area (Å²) in [6.07, 6.45) is 6.10. The summed E-state index contributed by atoms with van der Waals surface area (Å²) in [4.78, 5) is 0. The van der Waals surface area contributed by atoms with Gasteiger partial charge in [-0.25, -0.2) is 0 Å². The second-order valence-electron chi connectivity index (χ2n) is 5.43. The van der Waals surface area contributed by atoms with E-state index in [1.54, 1.807) is 0 Å². The van der Waals surface area contributed by atoms with Crippen LogP contribution in [0.25, 0.3) is 0 Å². The molecule has 0 amide bonds. The molecule has 0 radical (unpaired) electrons. The third-order valence-electron chi connectivity index (χ3n) is 3.78. The maximum absolute atomic E-state index is 6.09. The van der Waals surface area contributed by atoms with Crippen LogP contribution in [0, 0.1) is 0 Å². The van der Waals surface area contributed by atoms with Crippen molar-refractivity contribution in [2.75, 3.05) is 13.2 Å². The molecule has 0 aromatic heterocycles. The van der Waals surface area contributed by atoms with Crippen molar-refractivity contribution >= 4 is 23.2 Å². The fourth-order valence-electron chi connectivity index (χ4n) is 2.79. The van der Waals surface area contributed by atoms with Gasteiger partial charge in [0.05, 0.1) is 16.1 Å². The zero-order valence-electron chi connectivity index (χ0n) is 12.0. The van der Waals surface area contributed by atoms with E-state index >= 15 is 0 Å². The van der Waals surface area contributed by atoms with Gasteiger partial charge in [0.2, 0.25) is 0 Å². The van der Waals surface area contributed by atoms with Gasteiger partial charge < -0.3 is 10.1 Å². The summed E-state index contributed by atoms with van der Waals surface area (Å²) in [7, 11) is 0. The fraction of sp³-hybridized carbons (Fsp3) is 0.625. The quantitative estimate of drug-likeness (QED) is 0.836. The van der Waals surface area contributed by atoms with Crippen LogP contribution in [0.3, 0.4) is 0 Å². The van der Waals surface area contributed by atoms with E-state index in [2.05, 4.69) is 18.3 Å². The van der Waals surface area contributed by atoms with Crippen LogP contribution in [0.2, 0.25) is 10.0 Å². The van der Waals surface area contributed by atoms with Crippen molar-refractivity contribution < 1.29 is 4.74 Å². The zero-order chi connectivity index (χ0) is 14.4. The van der Waals surface area contributed by atoms with Crippen LogP contribution in [0.1, 0.15) is 38.2 Å². The first kappa shape index (κ1) is 16.1. The highest BCUT2D eigenvalue weighted by atomic mass is 35.5. The number of nitrogens with one attached hydrogen (secondary N) is 1. The predicted molar refractivity (Wildman–Crippen MR) is 85.8 cm³/mol. The molecule has 0 bridgehead atoms. The molecular weight excluding hydrogens is 293 g/mol. The lowest BCUT2D eigenvalue weighted by Gasteiger charge is -2.27. The van der Waals surface area contributed by atoms with Gasteiger partial charge in [0.1, 0.15) is 0 Å². The highest BCUT2D eigenvalue weighted by Crippen LogP contribution is 2.24. The van der Waals surface area contributed by atoms with Gasteiger partial charge in [0, 0.05) is 12.6 Å². The molecular formula is C16H23Cl2NO. The summed E-state index contributed by atoms with van der Waals surface area (Å²) in [5.74, 6) is 0. The van der Waals surface area contributed by atoms with Gasteiger partial charge in [-0.1, -0.05) is 36.2 Å². The number of hydrogen-bond acceptors (Lipinski definition) is 2. The summed E-state index contributed by atoms with van der Waals surface area (Å²) in [5, 5.41) is 4.81. The monoisotopic (exact) mass is 315 g/mol. The van der Waals surface area contributed by atoms with E-state index in [0.717, 1.165) is 26.0 Å². The van der Waals surface area contributed by atoms with Gasteiger partial charge in [-0.3, -0.25) is 0 Å². The predicted octanol–water partition coefficient (Wildman–Crippen LogP) is 4.47. The van der Waals surface area contributed by atoms with Crippen LogP contribution < -0.4 is 5.32 Å². The van der Waals surface area contributed by atoms with Crippen molar-refractivity contribution in [2.45, 2.75) is 51.2 Å². The minimum Gasteiger partial charge on any atom is -0.378 e. The van der Waals surface area contributed by atoms with Gasteiger partial charge in [0.25, 0.3) is 0 Å². The van der Waals surface area contributed by atoms with E-state index < -0.39 is 0 Å². The zero-order valence-corrected chi connectivity index (χ0v) is 13.5. The van der Waals surface area contributed by atoms with Crippen LogP contribution in [0.5, 0.6) is 0 Å². The molecule has 0 spiro atoms. The minimum absolute atomic E-state index is 0.399. The number of likely N-dealkylation sites (N-methyl/N-ethyl adjacent to an activating group) is 1. The molecule has 1 heterocycles. The molecule has 2 atom stereocenters. The molecule has 1 saturated heterocycles. The SMILES string of the molecule is CCNC(Cc1ccc(Cl)c(Cl)c1)CC1CCCCO1. The summed E-state index contributed by atoms with van der Waals surface area (Å²) >= 11 is 12.1. The number of rotatable bonds is 6. The second-order valence-corrected chi connectivity index (χ2v) is 6.25. The van der Waals surface area contributed by atoms with Crippen molar-refractivity contribution in [1.29, 1.82) is 0 Å². The Hall–Kier alpha value is -0.280. The standard InChI is InChI=1S/C16H23Cl2NO/c1-2-19-13(11-14-5-3-4-8-20-14)9-12-6-7-15(17)16(18)10-12/h6-7,10,13-14,19H,2-5,8-9,11H2,1H3. The molecule has 0 saturated carbocycles. The van der Waals surface area contributed by atoms with Gasteiger partial charge in [0.15, 0.2) is 0 Å². The average Bonchev–Trinajstić information content (AvgIpc) is 2.44. The highest BCUT2D eigenvalue weighted by molar-refractivity contribution is 6.42. The van der Waals surface area contributed by atoms with Crippen molar-refractivity contribution in [3.63, 3.8) is 0 Å². The summed E-state index contributed by atoms with van der Waals surface area (Å²) in [6.45, 7) is 4.03. The van der Waals surface area contributed by atoms with E-state index in [-0.39, 0.29) is 0 Å². The molecule has 2 rings (SSSR count). The summed E-state index contributed by atoms with van der Waals surface area (Å²) in [5.41, 5.74) is 1.22. The Morgan fingerprint density at radius 1 is 1.30 bits per heavy atom. The maximum Gasteiger partial charge on any atom is 0.0595 e. The molecule has 4 heteroatoms. The molecule has 1 fully saturated rings. The summed E-state index contributed by atoms with van der Waals surface area (Å²) in [6, 6.07) is 6.33. The van der Waals surface area contributed by atoms with Crippen molar-refractivity contribution in [3.8, 4) is 0 Å². The smallest absolute Gasteiger partial charge is 0.0595 e. The van der Waals surface area contributed by atoms with Crippen LogP contribution in [-0.2, 0) is 11.2 Å². The Bertz CT molecular complexity index is 419. The molecule has 1 aliphatic rings. The van der Waals surface area contributed by atoms with Crippen molar-refractivity contribution in [3.05, 3.63) is 33.8 Å². The Morgan fingerprint density at radius 2 is 2.15 bits per heavy atom. The van der Waals surface area contributed by atoms with E-state index in [1.165, 1.54) is 24.8 Å². The van der Waals surface area contributed by atoms with Crippen LogP contribution in [-0.4, -0.2) is 25.3 Å². The first-order valence-electron chi connectivity index (χ1n) is 7.48. The molecule has 0 aliphatic carbocycles. The first-order valence-corrected chi connectivity index (χ1v) is 8.23. The Kier molecular flexibility index (Phi) is 6.63. The number of hydrogen-bond donors (Lipinski definition) is 1. The topological polar surface area (TPSA) is 21.3 Å². The average molecular weight is 316 g/mol. The minimum atomic E-state index is 0.399. The first-order chi connectivity index (χ1) is 9.69. The van der Waals surface area contributed by atoms with Crippen LogP contribution >= 0.6 is 23.2 Å². The summed E-state index contributed by atoms with van der Waals surface area (Å²) < 4.78 is 5.85. The molecule has 1 aromatic carbocycles. The van der Waals surface area contributed by atoms with Crippen LogP contribution in [0.15, 0.2) is 18.2 Å². The molecule has 1 aromatic rings. The number of halogens is 2. The molecule has 20 heavy (non-hydrogen) atoms. The maximum atomic E-state index is 6.09. The Morgan fingerprint density at radius 3 is 2.80 bits per heavy atom. The van der Waals surface area contributed by atoms with Gasteiger partial charge >= 0.3 is 0 Å². The number of benzene rings is 1. The van der Waals surface area contributed by atoms with Gasteiger partial charge in [-0.05, 0) is 56.3 Å². The third-order valence-corrected chi connectivity index (χ3v) is 4.52. The lowest BCUT2D eigenvalue weighted by molar-refractivity contribution is 0.00535. The molecule has 1 aliphatic heterocycles. The lowest BCUT2D eigenvalue weighted by Crippen LogP contribution is -2.36. The molecule has 1 N–H and O–H groups in total. The highest BCUT2D eigenvalue weighted by Gasteiger charge is 2.19. The van der Waals surface area contributed by atoms with E-state index in [0.29, 0.717) is 22.2 Å².